The zero-order valence-electron chi connectivity index (χ0n) is 17.2. The molecule has 3 nitrogen and oxygen atoms in total. The lowest BCUT2D eigenvalue weighted by Crippen LogP contribution is -2.31. The number of halogens is 2. The van der Waals surface area contributed by atoms with Gasteiger partial charge in [-0.1, -0.05) is 48.7 Å². The molecule has 1 unspecified atom stereocenters. The van der Waals surface area contributed by atoms with Crippen molar-refractivity contribution in [3.05, 3.63) is 69.2 Å². The number of carbonyl (C=O) groups excluding carboxylic acids is 1. The second-order valence-electron chi connectivity index (χ2n) is 8.27. The first kappa shape index (κ1) is 22.3. The van der Waals surface area contributed by atoms with Crippen LogP contribution in [-0.2, 0) is 0 Å². The van der Waals surface area contributed by atoms with Crippen LogP contribution in [0, 0.1) is 11.8 Å². The van der Waals surface area contributed by atoms with Crippen molar-refractivity contribution in [2.45, 2.75) is 38.1 Å². The second-order valence-corrected chi connectivity index (χ2v) is 9.56. The Bertz CT molecular complexity index is 801. The highest BCUT2D eigenvalue weighted by Gasteiger charge is 2.29. The van der Waals surface area contributed by atoms with Gasteiger partial charge in [-0.15, -0.1) is 0 Å². The lowest BCUT2D eigenvalue weighted by molar-refractivity contribution is 0.0946. The van der Waals surface area contributed by atoms with Gasteiger partial charge in [0.1, 0.15) is 0 Å². The fourth-order valence-electron chi connectivity index (χ4n) is 4.57. The van der Waals surface area contributed by atoms with Gasteiger partial charge >= 0.3 is 0 Å². The fraction of sp³-hybridized carbons (Fsp3) is 0.458. The molecule has 0 bridgehead atoms. The monoisotopic (exact) mass is 476 g/mol. The van der Waals surface area contributed by atoms with E-state index in [1.165, 1.54) is 31.2 Å². The predicted octanol–water partition coefficient (Wildman–Crippen LogP) is 6.33. The third-order valence-corrected chi connectivity index (χ3v) is 7.01. The highest BCUT2D eigenvalue weighted by atomic mass is 79.9. The Kier molecular flexibility index (Phi) is 8.16. The molecule has 2 aromatic carbocycles. The van der Waals surface area contributed by atoms with E-state index in [1.807, 2.05) is 36.4 Å². The van der Waals surface area contributed by atoms with E-state index in [2.05, 4.69) is 52.4 Å². The Labute approximate surface area is 188 Å². The van der Waals surface area contributed by atoms with Gasteiger partial charge in [-0.05, 0) is 91.0 Å². The van der Waals surface area contributed by atoms with Gasteiger partial charge in [-0.2, -0.15) is 0 Å². The van der Waals surface area contributed by atoms with Gasteiger partial charge in [0.2, 0.25) is 0 Å². The average molecular weight is 478 g/mol. The summed E-state index contributed by atoms with van der Waals surface area (Å²) in [4.78, 5) is 14.7. The van der Waals surface area contributed by atoms with Crippen LogP contribution >= 0.6 is 27.5 Å². The van der Waals surface area contributed by atoms with Gasteiger partial charge in [-0.3, -0.25) is 4.79 Å². The zero-order chi connectivity index (χ0) is 20.8. The molecule has 0 aromatic heterocycles. The summed E-state index contributed by atoms with van der Waals surface area (Å²) in [6, 6.07) is 16.3. The van der Waals surface area contributed by atoms with Crippen molar-refractivity contribution in [3.63, 3.8) is 0 Å². The van der Waals surface area contributed by atoms with E-state index in [1.54, 1.807) is 0 Å². The maximum absolute atomic E-state index is 12.3. The molecular weight excluding hydrogens is 448 g/mol. The van der Waals surface area contributed by atoms with E-state index >= 15 is 0 Å². The minimum absolute atomic E-state index is 0.00145. The molecule has 1 atom stereocenters. The van der Waals surface area contributed by atoms with E-state index in [0.717, 1.165) is 22.5 Å². The van der Waals surface area contributed by atoms with Crippen LogP contribution in [0.15, 0.2) is 53.0 Å². The Hall–Kier alpha value is -1.36. The summed E-state index contributed by atoms with van der Waals surface area (Å²) in [5, 5.41) is 3.87. The lowest BCUT2D eigenvalue weighted by Gasteiger charge is -2.37. The summed E-state index contributed by atoms with van der Waals surface area (Å²) < 4.78 is 0.843. The first-order valence-corrected chi connectivity index (χ1v) is 11.6. The van der Waals surface area contributed by atoms with Gasteiger partial charge in [-0.25, -0.2) is 0 Å². The van der Waals surface area contributed by atoms with Gasteiger partial charge < -0.3 is 10.2 Å². The molecule has 0 radical (unpaired) electrons. The van der Waals surface area contributed by atoms with Crippen molar-refractivity contribution >= 4 is 33.4 Å². The number of rotatable bonds is 7. The highest BCUT2D eigenvalue weighted by molar-refractivity contribution is 9.10. The normalized spacial score (nSPS) is 20.4. The Morgan fingerprint density at radius 2 is 1.76 bits per heavy atom. The number of amides is 1. The van der Waals surface area contributed by atoms with Gasteiger partial charge in [0.15, 0.2) is 0 Å². The first-order chi connectivity index (χ1) is 14.0. The van der Waals surface area contributed by atoms with Crippen LogP contribution < -0.4 is 5.32 Å². The molecule has 1 aliphatic carbocycles. The number of hydrogen-bond acceptors (Lipinski definition) is 2. The topological polar surface area (TPSA) is 32.3 Å². The number of nitrogens with zero attached hydrogens (tertiary/aromatic N) is 1. The molecule has 0 saturated heterocycles. The SMILES string of the molecule is CN(C)C(c1ccc(Cl)cc1)C1CCC(CCNC(=O)c2ccccc2Br)CC1. The molecule has 0 heterocycles. The number of benzene rings is 2. The molecule has 1 amide bonds. The number of nitrogens with one attached hydrogen (secondary N) is 1. The third kappa shape index (κ3) is 6.07. The van der Waals surface area contributed by atoms with Crippen molar-refractivity contribution < 1.29 is 4.79 Å². The number of carbonyl (C=O) groups is 1. The molecule has 1 fully saturated rings. The fourth-order valence-corrected chi connectivity index (χ4v) is 5.17. The summed E-state index contributed by atoms with van der Waals surface area (Å²) in [5.41, 5.74) is 2.05. The van der Waals surface area contributed by atoms with Crippen molar-refractivity contribution in [1.29, 1.82) is 0 Å². The Morgan fingerprint density at radius 1 is 1.10 bits per heavy atom. The van der Waals surface area contributed by atoms with E-state index in [4.69, 9.17) is 11.6 Å². The van der Waals surface area contributed by atoms with Gasteiger partial charge in [0.25, 0.3) is 5.91 Å². The smallest absolute Gasteiger partial charge is 0.252 e. The molecule has 1 N–H and O–H groups in total. The summed E-state index contributed by atoms with van der Waals surface area (Å²) in [6.45, 7) is 0.740. The van der Waals surface area contributed by atoms with Crippen LogP contribution in [0.1, 0.15) is 54.1 Å². The Morgan fingerprint density at radius 3 is 2.38 bits per heavy atom. The van der Waals surface area contributed by atoms with Gasteiger partial charge in [0, 0.05) is 22.1 Å². The Balaban J connectivity index is 1.47. The lowest BCUT2D eigenvalue weighted by atomic mass is 9.75. The van der Waals surface area contributed by atoms with Crippen molar-refractivity contribution in [2.75, 3.05) is 20.6 Å². The van der Waals surface area contributed by atoms with E-state index in [9.17, 15) is 4.79 Å². The molecule has 3 rings (SSSR count). The van der Waals surface area contributed by atoms with Crippen molar-refractivity contribution in [3.8, 4) is 0 Å². The molecule has 0 spiro atoms. The van der Waals surface area contributed by atoms with E-state index < -0.39 is 0 Å². The quantitative estimate of drug-likeness (QED) is 0.505. The zero-order valence-corrected chi connectivity index (χ0v) is 19.5. The highest BCUT2D eigenvalue weighted by Crippen LogP contribution is 2.40. The molecule has 1 aliphatic rings. The van der Waals surface area contributed by atoms with Gasteiger partial charge in [0.05, 0.1) is 5.56 Å². The maximum Gasteiger partial charge on any atom is 0.252 e. The standard InChI is InChI=1S/C24H30BrClN2O/c1-28(2)23(19-11-13-20(26)14-12-19)18-9-7-17(8-10-18)15-16-27-24(29)21-5-3-4-6-22(21)25/h3-6,11-14,17-18,23H,7-10,15-16H2,1-2H3,(H,27,29). The van der Waals surface area contributed by atoms with Crippen LogP contribution in [0.2, 0.25) is 5.02 Å². The molecule has 156 valence electrons. The summed E-state index contributed by atoms with van der Waals surface area (Å²) >= 11 is 9.52. The maximum atomic E-state index is 12.3. The van der Waals surface area contributed by atoms with Crippen LogP contribution in [0.3, 0.4) is 0 Å². The molecule has 0 aliphatic heterocycles. The summed E-state index contributed by atoms with van der Waals surface area (Å²) in [7, 11) is 4.34. The largest absolute Gasteiger partial charge is 0.352 e. The summed E-state index contributed by atoms with van der Waals surface area (Å²) in [6.07, 6.45) is 5.97. The van der Waals surface area contributed by atoms with Crippen molar-refractivity contribution in [1.82, 2.24) is 10.2 Å². The molecule has 1 saturated carbocycles. The van der Waals surface area contributed by atoms with Crippen LogP contribution in [0.4, 0.5) is 0 Å². The minimum atomic E-state index is 0.00145. The molecule has 2 aromatic rings. The summed E-state index contributed by atoms with van der Waals surface area (Å²) in [5.74, 6) is 1.36. The molecule has 29 heavy (non-hydrogen) atoms. The van der Waals surface area contributed by atoms with Crippen LogP contribution in [0.25, 0.3) is 0 Å². The van der Waals surface area contributed by atoms with Crippen molar-refractivity contribution in [2.24, 2.45) is 11.8 Å². The molecule has 5 heteroatoms. The van der Waals surface area contributed by atoms with E-state index in [0.29, 0.717) is 23.4 Å². The second kappa shape index (κ2) is 10.6. The average Bonchev–Trinajstić information content (AvgIpc) is 2.71. The van der Waals surface area contributed by atoms with Crippen LogP contribution in [0.5, 0.6) is 0 Å². The predicted molar refractivity (Wildman–Crippen MR) is 124 cm³/mol. The molecular formula is C24H30BrClN2O. The third-order valence-electron chi connectivity index (χ3n) is 6.06. The number of hydrogen-bond donors (Lipinski definition) is 1. The minimum Gasteiger partial charge on any atom is -0.352 e. The van der Waals surface area contributed by atoms with Crippen LogP contribution in [-0.4, -0.2) is 31.4 Å². The first-order valence-electron chi connectivity index (χ1n) is 10.4. The van der Waals surface area contributed by atoms with E-state index in [-0.39, 0.29) is 5.91 Å².